The monoisotopic (exact) mass is 334 g/mol. The molecular formula is C19H30N2O3. The number of fused-ring (bicyclic) bond motifs is 1. The molecule has 0 spiro atoms. The third-order valence-electron chi connectivity index (χ3n) is 4.81. The molecule has 0 bridgehead atoms. The Bertz CT molecular complexity index is 554. The van der Waals surface area contributed by atoms with E-state index in [1.54, 1.807) is 0 Å². The molecule has 2 aliphatic heterocycles. The van der Waals surface area contributed by atoms with Crippen molar-refractivity contribution in [3.05, 3.63) is 23.8 Å². The van der Waals surface area contributed by atoms with E-state index < -0.39 is 0 Å². The van der Waals surface area contributed by atoms with E-state index in [0.717, 1.165) is 44.1 Å². The van der Waals surface area contributed by atoms with Gasteiger partial charge in [-0.1, -0.05) is 26.8 Å². The quantitative estimate of drug-likeness (QED) is 0.879. The Morgan fingerprint density at radius 3 is 2.88 bits per heavy atom. The van der Waals surface area contributed by atoms with E-state index in [4.69, 9.17) is 14.6 Å². The van der Waals surface area contributed by atoms with Gasteiger partial charge in [0.05, 0.1) is 0 Å². The Hall–Kier alpha value is -1.30. The summed E-state index contributed by atoms with van der Waals surface area (Å²) in [5.41, 5.74) is 1.37. The second kappa shape index (κ2) is 7.30. The molecule has 2 atom stereocenters. The number of hydrogen-bond acceptors (Lipinski definition) is 5. The van der Waals surface area contributed by atoms with Gasteiger partial charge in [-0.15, -0.1) is 0 Å². The van der Waals surface area contributed by atoms with Crippen LogP contribution in [0.2, 0.25) is 0 Å². The van der Waals surface area contributed by atoms with Crippen molar-refractivity contribution >= 4 is 0 Å². The van der Waals surface area contributed by atoms with E-state index in [-0.39, 0.29) is 18.1 Å². The molecule has 1 aromatic rings. The predicted molar refractivity (Wildman–Crippen MR) is 95.0 cm³/mol. The summed E-state index contributed by atoms with van der Waals surface area (Å²) >= 11 is 0. The SMILES string of the molecule is CC(C)(C)c1ccc2c(c1)OCC(CN1CCNC(CCO)C1)O2. The molecule has 5 nitrogen and oxygen atoms in total. The summed E-state index contributed by atoms with van der Waals surface area (Å²) < 4.78 is 12.1. The van der Waals surface area contributed by atoms with Crippen LogP contribution in [-0.2, 0) is 5.41 Å². The maximum absolute atomic E-state index is 9.11. The van der Waals surface area contributed by atoms with Gasteiger partial charge < -0.3 is 19.9 Å². The Morgan fingerprint density at radius 1 is 1.29 bits per heavy atom. The number of piperazine rings is 1. The molecule has 1 fully saturated rings. The zero-order chi connectivity index (χ0) is 17.2. The van der Waals surface area contributed by atoms with Gasteiger partial charge in [0.25, 0.3) is 0 Å². The van der Waals surface area contributed by atoms with Gasteiger partial charge >= 0.3 is 0 Å². The smallest absolute Gasteiger partial charge is 0.161 e. The number of nitrogens with zero attached hydrogens (tertiary/aromatic N) is 1. The second-order valence-corrected chi connectivity index (χ2v) is 7.89. The van der Waals surface area contributed by atoms with Crippen molar-refractivity contribution < 1.29 is 14.6 Å². The van der Waals surface area contributed by atoms with Crippen LogP contribution in [0.4, 0.5) is 0 Å². The van der Waals surface area contributed by atoms with E-state index in [0.29, 0.717) is 12.6 Å². The molecule has 2 N–H and O–H groups in total. The van der Waals surface area contributed by atoms with Crippen molar-refractivity contribution in [2.24, 2.45) is 0 Å². The fraction of sp³-hybridized carbons (Fsp3) is 0.684. The van der Waals surface area contributed by atoms with Crippen LogP contribution < -0.4 is 14.8 Å². The summed E-state index contributed by atoms with van der Waals surface area (Å²) in [7, 11) is 0. The van der Waals surface area contributed by atoms with Crippen LogP contribution in [0.1, 0.15) is 32.8 Å². The molecule has 1 aromatic carbocycles. The lowest BCUT2D eigenvalue weighted by Gasteiger charge is -2.37. The van der Waals surface area contributed by atoms with Crippen molar-refractivity contribution in [3.8, 4) is 11.5 Å². The lowest BCUT2D eigenvalue weighted by Crippen LogP contribution is -2.54. The van der Waals surface area contributed by atoms with Crippen LogP contribution in [0.5, 0.6) is 11.5 Å². The first kappa shape index (κ1) is 17.5. The molecule has 2 unspecified atom stereocenters. The van der Waals surface area contributed by atoms with Crippen LogP contribution >= 0.6 is 0 Å². The number of ether oxygens (including phenoxy) is 2. The minimum atomic E-state index is 0.0610. The van der Waals surface area contributed by atoms with Crippen LogP contribution in [0.25, 0.3) is 0 Å². The average Bonchev–Trinajstić information content (AvgIpc) is 2.54. The molecule has 134 valence electrons. The minimum absolute atomic E-state index is 0.0610. The average molecular weight is 334 g/mol. The third-order valence-corrected chi connectivity index (χ3v) is 4.81. The van der Waals surface area contributed by atoms with Gasteiger partial charge in [-0.05, 0) is 29.5 Å². The zero-order valence-corrected chi connectivity index (χ0v) is 15.0. The second-order valence-electron chi connectivity index (χ2n) is 7.89. The molecule has 24 heavy (non-hydrogen) atoms. The molecular weight excluding hydrogens is 304 g/mol. The maximum Gasteiger partial charge on any atom is 0.161 e. The lowest BCUT2D eigenvalue weighted by molar-refractivity contribution is 0.0481. The van der Waals surface area contributed by atoms with Gasteiger partial charge in [-0.2, -0.15) is 0 Å². The van der Waals surface area contributed by atoms with Gasteiger partial charge in [0.15, 0.2) is 11.5 Å². The third kappa shape index (κ3) is 4.21. The molecule has 0 aromatic heterocycles. The van der Waals surface area contributed by atoms with Crippen molar-refractivity contribution in [1.82, 2.24) is 10.2 Å². The Kier molecular flexibility index (Phi) is 5.33. The number of nitrogens with one attached hydrogen (secondary N) is 1. The van der Waals surface area contributed by atoms with Crippen LogP contribution in [0.15, 0.2) is 18.2 Å². The number of hydrogen-bond donors (Lipinski definition) is 2. The number of aliphatic hydroxyl groups excluding tert-OH is 1. The molecule has 2 heterocycles. The van der Waals surface area contributed by atoms with Crippen molar-refractivity contribution in [2.75, 3.05) is 39.4 Å². The van der Waals surface area contributed by atoms with Crippen molar-refractivity contribution in [2.45, 2.75) is 44.8 Å². The van der Waals surface area contributed by atoms with Gasteiger partial charge in [-0.3, -0.25) is 4.90 Å². The highest BCUT2D eigenvalue weighted by atomic mass is 16.6. The highest BCUT2D eigenvalue weighted by Gasteiger charge is 2.27. The number of benzene rings is 1. The van der Waals surface area contributed by atoms with E-state index in [9.17, 15) is 0 Å². The number of aliphatic hydroxyl groups is 1. The molecule has 0 aliphatic carbocycles. The minimum Gasteiger partial charge on any atom is -0.486 e. The van der Waals surface area contributed by atoms with Crippen molar-refractivity contribution in [1.29, 1.82) is 0 Å². The van der Waals surface area contributed by atoms with E-state index >= 15 is 0 Å². The highest BCUT2D eigenvalue weighted by Crippen LogP contribution is 2.36. The Morgan fingerprint density at radius 2 is 2.12 bits per heavy atom. The fourth-order valence-corrected chi connectivity index (χ4v) is 3.37. The summed E-state index contributed by atoms with van der Waals surface area (Å²) in [5.74, 6) is 1.71. The first-order chi connectivity index (χ1) is 11.5. The van der Waals surface area contributed by atoms with E-state index in [1.165, 1.54) is 5.56 Å². The standard InChI is InChI=1S/C19H30N2O3/c1-19(2,3)14-4-5-17-18(10-14)23-13-16(24-17)12-21-8-7-20-15(11-21)6-9-22/h4-5,10,15-16,20,22H,6-9,11-13H2,1-3H3. The summed E-state index contributed by atoms with van der Waals surface area (Å²) in [6.45, 7) is 11.2. The zero-order valence-electron chi connectivity index (χ0n) is 15.0. The Labute approximate surface area is 144 Å². The van der Waals surface area contributed by atoms with Gasteiger partial charge in [-0.25, -0.2) is 0 Å². The summed E-state index contributed by atoms with van der Waals surface area (Å²) in [6.07, 6.45) is 0.864. The molecule has 0 amide bonds. The topological polar surface area (TPSA) is 54.0 Å². The molecule has 2 aliphatic rings. The van der Waals surface area contributed by atoms with E-state index in [2.05, 4.69) is 43.1 Å². The summed E-state index contributed by atoms with van der Waals surface area (Å²) in [6, 6.07) is 6.64. The summed E-state index contributed by atoms with van der Waals surface area (Å²) in [4.78, 5) is 2.40. The normalized spacial score (nSPS) is 24.8. The van der Waals surface area contributed by atoms with Crippen molar-refractivity contribution in [3.63, 3.8) is 0 Å². The largest absolute Gasteiger partial charge is 0.486 e. The van der Waals surface area contributed by atoms with Crippen LogP contribution in [0, 0.1) is 0 Å². The first-order valence-corrected chi connectivity index (χ1v) is 8.96. The molecule has 5 heteroatoms. The fourth-order valence-electron chi connectivity index (χ4n) is 3.37. The van der Waals surface area contributed by atoms with Crippen LogP contribution in [0.3, 0.4) is 0 Å². The van der Waals surface area contributed by atoms with Crippen LogP contribution in [-0.4, -0.2) is 61.5 Å². The van der Waals surface area contributed by atoms with E-state index in [1.807, 2.05) is 6.07 Å². The molecule has 0 radical (unpaired) electrons. The summed E-state index contributed by atoms with van der Waals surface area (Å²) in [5, 5.41) is 12.6. The molecule has 1 saturated heterocycles. The molecule has 3 rings (SSSR count). The van der Waals surface area contributed by atoms with Gasteiger partial charge in [0.1, 0.15) is 12.7 Å². The first-order valence-electron chi connectivity index (χ1n) is 8.96. The predicted octanol–water partition coefficient (Wildman–Crippen LogP) is 1.78. The highest BCUT2D eigenvalue weighted by molar-refractivity contribution is 5.45. The number of rotatable bonds is 4. The maximum atomic E-state index is 9.11. The van der Waals surface area contributed by atoms with Gasteiger partial charge in [0, 0.05) is 38.8 Å². The lowest BCUT2D eigenvalue weighted by atomic mass is 9.87. The van der Waals surface area contributed by atoms with Gasteiger partial charge in [0.2, 0.25) is 0 Å². The molecule has 0 saturated carbocycles. The Balaban J connectivity index is 1.59.